The van der Waals surface area contributed by atoms with Gasteiger partial charge in [0.1, 0.15) is 0 Å². The van der Waals surface area contributed by atoms with Gasteiger partial charge >= 0.3 is 0 Å². The van der Waals surface area contributed by atoms with E-state index in [-0.39, 0.29) is 11.8 Å². The van der Waals surface area contributed by atoms with E-state index in [1.54, 1.807) is 11.9 Å². The van der Waals surface area contributed by atoms with E-state index in [1.165, 1.54) is 43.9 Å². The number of aryl methyl sites for hydroxylation is 1. The third-order valence-electron chi connectivity index (χ3n) is 7.51. The van der Waals surface area contributed by atoms with Crippen molar-refractivity contribution in [2.45, 2.75) is 76.3 Å². The molecule has 192 valence electrons. The van der Waals surface area contributed by atoms with E-state index in [9.17, 15) is 9.59 Å². The summed E-state index contributed by atoms with van der Waals surface area (Å²) < 4.78 is 0. The number of thioether (sulfide) groups is 1. The zero-order chi connectivity index (χ0) is 25.7. The standard InChI is InChI=1S/C30H39N3O2S/c1-5-22(3)33(25-12-7-6-8-13-25)17-16-31-29(34)24-14-15-27-26(20-24)32(4)30(35)28(36-27)19-23-11-9-10-21(2)18-23/h9-11,14-15,18-20,22,25H,5-8,12-13,16-17H2,1-4H3,(H,31,34)/b28-19+/t22-/m1/s1. The van der Waals surface area contributed by atoms with Crippen LogP contribution in [0.3, 0.4) is 0 Å². The van der Waals surface area contributed by atoms with Gasteiger partial charge in [-0.05, 0) is 62.9 Å². The van der Waals surface area contributed by atoms with Crippen molar-refractivity contribution in [3.05, 3.63) is 64.1 Å². The van der Waals surface area contributed by atoms with Crippen LogP contribution in [0.2, 0.25) is 0 Å². The molecule has 6 heteroatoms. The number of rotatable bonds is 8. The lowest BCUT2D eigenvalue weighted by atomic mass is 9.93. The van der Waals surface area contributed by atoms with Crippen LogP contribution in [0.4, 0.5) is 5.69 Å². The molecule has 0 spiro atoms. The number of nitrogens with zero attached hydrogens (tertiary/aromatic N) is 2. The first-order valence-corrected chi connectivity index (χ1v) is 14.1. The molecule has 1 N–H and O–H groups in total. The fourth-order valence-corrected chi connectivity index (χ4v) is 6.35. The zero-order valence-electron chi connectivity index (χ0n) is 22.0. The highest BCUT2D eigenvalue weighted by molar-refractivity contribution is 8.04. The quantitative estimate of drug-likeness (QED) is 0.430. The molecule has 1 fully saturated rings. The molecule has 0 radical (unpaired) electrons. The normalized spacial score (nSPS) is 18.4. The highest BCUT2D eigenvalue weighted by Gasteiger charge is 2.28. The Morgan fingerprint density at radius 1 is 1.19 bits per heavy atom. The van der Waals surface area contributed by atoms with Crippen LogP contribution in [0, 0.1) is 6.92 Å². The Bertz CT molecular complexity index is 1120. The number of hydrogen-bond acceptors (Lipinski definition) is 4. The Morgan fingerprint density at radius 3 is 2.69 bits per heavy atom. The fraction of sp³-hybridized carbons (Fsp3) is 0.467. The number of carbonyl (C=O) groups excluding carboxylic acids is 2. The SMILES string of the molecule is CC[C@@H](C)N(CCNC(=O)c1ccc2c(c1)N(C)C(=O)/C(=C\c1cccc(C)c1)S2)C1CCCCC1. The fourth-order valence-electron chi connectivity index (χ4n) is 5.26. The Kier molecular flexibility index (Phi) is 8.91. The first-order chi connectivity index (χ1) is 17.4. The Balaban J connectivity index is 1.42. The molecule has 1 atom stereocenters. The minimum absolute atomic E-state index is 0.0526. The molecule has 2 aromatic carbocycles. The van der Waals surface area contributed by atoms with Gasteiger partial charge in [0, 0.05) is 42.7 Å². The third-order valence-corrected chi connectivity index (χ3v) is 8.59. The lowest BCUT2D eigenvalue weighted by Crippen LogP contribution is -2.46. The van der Waals surface area contributed by atoms with Crippen LogP contribution >= 0.6 is 11.8 Å². The molecule has 2 aromatic rings. The van der Waals surface area contributed by atoms with Crippen molar-refractivity contribution in [1.29, 1.82) is 0 Å². The number of likely N-dealkylation sites (N-methyl/N-ethyl adjacent to an activating group) is 1. The van der Waals surface area contributed by atoms with E-state index in [1.807, 2.05) is 49.4 Å². The maximum absolute atomic E-state index is 13.1. The van der Waals surface area contributed by atoms with Crippen LogP contribution in [0.25, 0.3) is 6.08 Å². The lowest BCUT2D eigenvalue weighted by Gasteiger charge is -2.38. The zero-order valence-corrected chi connectivity index (χ0v) is 22.9. The Labute approximate surface area is 220 Å². The first-order valence-electron chi connectivity index (χ1n) is 13.3. The summed E-state index contributed by atoms with van der Waals surface area (Å²) in [5.74, 6) is -0.138. The average molecular weight is 506 g/mol. The molecule has 0 aromatic heterocycles. The summed E-state index contributed by atoms with van der Waals surface area (Å²) in [4.78, 5) is 32.0. The monoisotopic (exact) mass is 505 g/mol. The van der Waals surface area contributed by atoms with Crippen LogP contribution < -0.4 is 10.2 Å². The lowest BCUT2D eigenvalue weighted by molar-refractivity contribution is -0.114. The molecule has 0 unspecified atom stereocenters. The van der Waals surface area contributed by atoms with E-state index in [0.717, 1.165) is 34.7 Å². The Morgan fingerprint density at radius 2 is 1.97 bits per heavy atom. The van der Waals surface area contributed by atoms with Crippen LogP contribution in [-0.2, 0) is 4.79 Å². The number of benzene rings is 2. The van der Waals surface area contributed by atoms with Crippen molar-refractivity contribution in [2.75, 3.05) is 25.0 Å². The molecule has 1 aliphatic heterocycles. The maximum atomic E-state index is 13.1. The van der Waals surface area contributed by atoms with Crippen LogP contribution in [0.5, 0.6) is 0 Å². The van der Waals surface area contributed by atoms with Gasteiger partial charge in [-0.25, -0.2) is 0 Å². The first kappa shape index (κ1) is 26.5. The van der Waals surface area contributed by atoms with Gasteiger partial charge in [0.15, 0.2) is 0 Å². The molecule has 1 heterocycles. The van der Waals surface area contributed by atoms with Gasteiger partial charge in [0.2, 0.25) is 0 Å². The van der Waals surface area contributed by atoms with Crippen molar-refractivity contribution >= 4 is 35.3 Å². The van der Waals surface area contributed by atoms with Crippen LogP contribution in [0.15, 0.2) is 52.3 Å². The largest absolute Gasteiger partial charge is 0.351 e. The summed E-state index contributed by atoms with van der Waals surface area (Å²) in [6.45, 7) is 8.08. The number of amides is 2. The molecule has 0 saturated heterocycles. The van der Waals surface area contributed by atoms with Crippen molar-refractivity contribution in [3.63, 3.8) is 0 Å². The highest BCUT2D eigenvalue weighted by atomic mass is 32.2. The summed E-state index contributed by atoms with van der Waals surface area (Å²) in [7, 11) is 1.78. The average Bonchev–Trinajstić information content (AvgIpc) is 2.89. The molecular weight excluding hydrogens is 466 g/mol. The third kappa shape index (κ3) is 6.22. The van der Waals surface area contributed by atoms with Gasteiger partial charge in [0.25, 0.3) is 11.8 Å². The molecular formula is C30H39N3O2S. The van der Waals surface area contributed by atoms with E-state index in [2.05, 4.69) is 30.1 Å². The van der Waals surface area contributed by atoms with Crippen LogP contribution in [-0.4, -0.2) is 48.9 Å². The maximum Gasteiger partial charge on any atom is 0.264 e. The summed E-state index contributed by atoms with van der Waals surface area (Å²) in [6.07, 6.45) is 9.56. The van der Waals surface area contributed by atoms with Crippen molar-refractivity contribution in [3.8, 4) is 0 Å². The molecule has 4 rings (SSSR count). The summed E-state index contributed by atoms with van der Waals surface area (Å²) in [6, 6.07) is 14.9. The van der Waals surface area contributed by atoms with Gasteiger partial charge < -0.3 is 10.2 Å². The minimum atomic E-state index is -0.0857. The summed E-state index contributed by atoms with van der Waals surface area (Å²) >= 11 is 1.46. The predicted octanol–water partition coefficient (Wildman–Crippen LogP) is 6.27. The van der Waals surface area contributed by atoms with Gasteiger partial charge in [-0.1, -0.05) is 67.8 Å². The Hall–Kier alpha value is -2.57. The minimum Gasteiger partial charge on any atom is -0.351 e. The van der Waals surface area contributed by atoms with Gasteiger partial charge in [-0.3, -0.25) is 14.5 Å². The van der Waals surface area contributed by atoms with E-state index in [0.29, 0.717) is 29.1 Å². The number of carbonyl (C=O) groups is 2. The molecule has 1 aliphatic carbocycles. The van der Waals surface area contributed by atoms with E-state index >= 15 is 0 Å². The second-order valence-corrected chi connectivity index (χ2v) is 11.2. The molecule has 2 aliphatic rings. The van der Waals surface area contributed by atoms with Crippen molar-refractivity contribution < 1.29 is 9.59 Å². The van der Waals surface area contributed by atoms with Crippen molar-refractivity contribution in [1.82, 2.24) is 10.2 Å². The molecule has 5 nitrogen and oxygen atoms in total. The second-order valence-electron chi connectivity index (χ2n) is 10.1. The van der Waals surface area contributed by atoms with E-state index in [4.69, 9.17) is 0 Å². The molecule has 2 amide bonds. The van der Waals surface area contributed by atoms with E-state index < -0.39 is 0 Å². The molecule has 1 saturated carbocycles. The van der Waals surface area contributed by atoms with Gasteiger partial charge in [-0.2, -0.15) is 0 Å². The van der Waals surface area contributed by atoms with Crippen LogP contribution in [0.1, 0.15) is 73.9 Å². The highest BCUT2D eigenvalue weighted by Crippen LogP contribution is 2.42. The number of fused-ring (bicyclic) bond motifs is 1. The number of hydrogen-bond donors (Lipinski definition) is 1. The van der Waals surface area contributed by atoms with Gasteiger partial charge in [0.05, 0.1) is 10.6 Å². The molecule has 36 heavy (non-hydrogen) atoms. The topological polar surface area (TPSA) is 52.7 Å². The number of nitrogens with one attached hydrogen (secondary N) is 1. The molecule has 0 bridgehead atoms. The number of anilines is 1. The second kappa shape index (κ2) is 12.1. The predicted molar refractivity (Wildman–Crippen MR) is 151 cm³/mol. The van der Waals surface area contributed by atoms with Gasteiger partial charge in [-0.15, -0.1) is 0 Å². The summed E-state index contributed by atoms with van der Waals surface area (Å²) in [5.41, 5.74) is 3.54. The smallest absolute Gasteiger partial charge is 0.264 e. The van der Waals surface area contributed by atoms with Crippen molar-refractivity contribution in [2.24, 2.45) is 0 Å². The summed E-state index contributed by atoms with van der Waals surface area (Å²) in [5, 5.41) is 3.12.